The summed E-state index contributed by atoms with van der Waals surface area (Å²) in [5, 5.41) is 23.5. The molecule has 0 aromatic heterocycles. The molecule has 0 aromatic carbocycles. The lowest BCUT2D eigenvalue weighted by Gasteiger charge is -2.23. The number of imide groups is 1. The summed E-state index contributed by atoms with van der Waals surface area (Å²) >= 11 is 0. The van der Waals surface area contributed by atoms with E-state index in [1.807, 2.05) is 0 Å². The maximum absolute atomic E-state index is 13.4. The van der Waals surface area contributed by atoms with Gasteiger partial charge in [-0.05, 0) is 46.5 Å². The summed E-state index contributed by atoms with van der Waals surface area (Å²) in [6, 6.07) is -4.58. The number of rotatable bonds is 48. The molecule has 27 heteroatoms. The first-order chi connectivity index (χ1) is 35.2. The van der Waals surface area contributed by atoms with Crippen LogP contribution in [0.15, 0.2) is 12.2 Å². The minimum absolute atomic E-state index is 0.00654. The summed E-state index contributed by atoms with van der Waals surface area (Å²) in [5.41, 5.74) is 0. The zero-order valence-electron chi connectivity index (χ0n) is 42.7. The molecule has 0 fully saturated rings. The highest BCUT2D eigenvalue weighted by atomic mass is 16.6. The zero-order valence-corrected chi connectivity index (χ0v) is 42.7. The normalized spacial score (nSPS) is 13.8. The second kappa shape index (κ2) is 43.2. The van der Waals surface area contributed by atoms with Gasteiger partial charge in [-0.2, -0.15) is 0 Å². The fourth-order valence-corrected chi connectivity index (χ4v) is 5.91. The van der Waals surface area contributed by atoms with Gasteiger partial charge in [0.15, 0.2) is 0 Å². The highest BCUT2D eigenvalue weighted by molar-refractivity contribution is 6.12. The fraction of sp³-hybridized carbons (Fsp3) is 0.761. The van der Waals surface area contributed by atoms with Gasteiger partial charge in [0.25, 0.3) is 11.8 Å². The molecule has 27 nitrogen and oxygen atoms in total. The Bertz CT molecular complexity index is 1640. The van der Waals surface area contributed by atoms with E-state index in [4.69, 9.17) is 52.5 Å². The molecule has 0 saturated carbocycles. The van der Waals surface area contributed by atoms with Crippen LogP contribution in [0.5, 0.6) is 0 Å². The van der Waals surface area contributed by atoms with E-state index < -0.39 is 78.0 Å². The van der Waals surface area contributed by atoms with Crippen molar-refractivity contribution < 1.29 is 95.6 Å². The quantitative estimate of drug-likeness (QED) is 0.0235. The van der Waals surface area contributed by atoms with Gasteiger partial charge in [0, 0.05) is 38.8 Å². The average Bonchev–Trinajstić information content (AvgIpc) is 3.68. The van der Waals surface area contributed by atoms with Crippen molar-refractivity contribution in [2.45, 2.75) is 77.0 Å². The van der Waals surface area contributed by atoms with Crippen LogP contribution in [-0.2, 0) is 90.5 Å². The average molecular weight is 1050 g/mol. The summed E-state index contributed by atoms with van der Waals surface area (Å²) in [4.78, 5) is 112. The summed E-state index contributed by atoms with van der Waals surface area (Å²) in [7, 11) is 1.62. The van der Waals surface area contributed by atoms with E-state index in [2.05, 4.69) is 31.9 Å². The van der Waals surface area contributed by atoms with Crippen LogP contribution < -0.4 is 31.9 Å². The van der Waals surface area contributed by atoms with Crippen LogP contribution in [0.2, 0.25) is 0 Å². The van der Waals surface area contributed by atoms with E-state index >= 15 is 0 Å². The number of ether oxygens (including phenoxy) is 10. The SMILES string of the molecule is COCCOCCOCCOCCOCCOCCOCCOCCOCCOCC(=O)NCCCCC(NC(=O)CCCN1C(=O)C=CC1=O)C(=O)NC(C)C(=O)NC(C)C(=O)NC(C)C(=O)NCC(=O)O. The molecule has 0 aliphatic carbocycles. The van der Waals surface area contributed by atoms with Crippen LogP contribution in [0, 0.1) is 0 Å². The first-order valence-electron chi connectivity index (χ1n) is 24.3. The standard InChI is InChI=1S/C46H79N7O20/c1-34(43(60)48-32-42(58)59)49-44(61)35(2)50-45(62)36(3)51-46(63)37(52-38(54)9-7-13-53-40(56)10-11-41(53)57)8-5-6-12-47-39(55)33-73-31-30-72-29-28-71-27-26-70-25-24-69-23-22-68-21-20-67-19-18-66-17-16-65-15-14-64-4/h10-11,34-37H,5-9,12-33H2,1-4H3,(H,47,55)(H,48,60)(H,49,61)(H,50,62)(H,51,63)(H,52,54)(H,58,59). The number of carbonyl (C=O) groups excluding carboxylic acids is 8. The molecule has 73 heavy (non-hydrogen) atoms. The number of carbonyl (C=O) groups is 9. The van der Waals surface area contributed by atoms with Crippen molar-refractivity contribution in [2.24, 2.45) is 0 Å². The van der Waals surface area contributed by atoms with Crippen LogP contribution in [0.4, 0.5) is 0 Å². The van der Waals surface area contributed by atoms with E-state index in [-0.39, 0.29) is 58.1 Å². The molecular formula is C46H79N7O20. The van der Waals surface area contributed by atoms with Crippen molar-refractivity contribution in [3.8, 4) is 0 Å². The molecule has 0 saturated heterocycles. The molecule has 418 valence electrons. The van der Waals surface area contributed by atoms with Gasteiger partial charge in [-0.3, -0.25) is 48.1 Å². The van der Waals surface area contributed by atoms with Crippen molar-refractivity contribution >= 4 is 53.2 Å². The monoisotopic (exact) mass is 1050 g/mol. The van der Waals surface area contributed by atoms with E-state index in [9.17, 15) is 43.2 Å². The molecule has 1 heterocycles. The number of unbranched alkanes of at least 4 members (excludes halogenated alkanes) is 1. The predicted molar refractivity (Wildman–Crippen MR) is 257 cm³/mol. The third-order valence-electron chi connectivity index (χ3n) is 9.89. The highest BCUT2D eigenvalue weighted by Crippen LogP contribution is 2.07. The Labute approximate surface area is 426 Å². The molecule has 4 unspecified atom stereocenters. The molecular weight excluding hydrogens is 971 g/mol. The molecule has 0 aromatic rings. The van der Waals surface area contributed by atoms with Crippen molar-refractivity contribution in [1.29, 1.82) is 0 Å². The zero-order chi connectivity index (χ0) is 53.9. The number of aliphatic carboxylic acids is 1. The Balaban J connectivity index is 2.23. The first kappa shape index (κ1) is 65.8. The van der Waals surface area contributed by atoms with E-state index in [1.165, 1.54) is 20.8 Å². The third kappa shape index (κ3) is 35.5. The highest BCUT2D eigenvalue weighted by Gasteiger charge is 2.28. The predicted octanol–water partition coefficient (Wildman–Crippen LogP) is -3.03. The summed E-state index contributed by atoms with van der Waals surface area (Å²) in [6.45, 7) is 11.1. The largest absolute Gasteiger partial charge is 0.480 e. The van der Waals surface area contributed by atoms with Crippen molar-refractivity contribution in [3.63, 3.8) is 0 Å². The number of nitrogens with zero attached hydrogens (tertiary/aromatic N) is 1. The topological polar surface area (TPSA) is 342 Å². The van der Waals surface area contributed by atoms with Crippen molar-refractivity contribution in [2.75, 3.05) is 152 Å². The molecule has 7 N–H and O–H groups in total. The lowest BCUT2D eigenvalue weighted by molar-refractivity contribution is -0.138. The molecule has 1 rings (SSSR count). The maximum Gasteiger partial charge on any atom is 0.322 e. The van der Waals surface area contributed by atoms with Crippen molar-refractivity contribution in [1.82, 2.24) is 36.8 Å². The summed E-state index contributed by atoms with van der Waals surface area (Å²) < 4.78 is 53.7. The summed E-state index contributed by atoms with van der Waals surface area (Å²) in [5.74, 6) is -6.15. The van der Waals surface area contributed by atoms with Crippen LogP contribution in [0.25, 0.3) is 0 Å². The molecule has 0 radical (unpaired) electrons. The number of amides is 8. The minimum atomic E-state index is -1.27. The fourth-order valence-electron chi connectivity index (χ4n) is 5.91. The second-order valence-corrected chi connectivity index (χ2v) is 16.0. The van der Waals surface area contributed by atoms with Gasteiger partial charge in [0.05, 0.1) is 119 Å². The lowest BCUT2D eigenvalue weighted by atomic mass is 10.1. The number of hydrogen-bond donors (Lipinski definition) is 7. The van der Waals surface area contributed by atoms with Gasteiger partial charge in [-0.15, -0.1) is 0 Å². The number of hydrogen-bond acceptors (Lipinski definition) is 19. The van der Waals surface area contributed by atoms with Gasteiger partial charge in [0.1, 0.15) is 37.3 Å². The Morgan fingerprint density at radius 1 is 0.493 bits per heavy atom. The van der Waals surface area contributed by atoms with Crippen molar-refractivity contribution in [3.05, 3.63) is 12.2 Å². The van der Waals surface area contributed by atoms with Crippen LogP contribution >= 0.6 is 0 Å². The molecule has 0 spiro atoms. The van der Waals surface area contributed by atoms with Gasteiger partial charge in [-0.1, -0.05) is 0 Å². The van der Waals surface area contributed by atoms with Gasteiger partial charge in [0.2, 0.25) is 35.4 Å². The number of methoxy groups -OCH3 is 1. The lowest BCUT2D eigenvalue weighted by Crippen LogP contribution is -2.56. The van der Waals surface area contributed by atoms with Gasteiger partial charge >= 0.3 is 5.97 Å². The van der Waals surface area contributed by atoms with Gasteiger partial charge < -0.3 is 84.4 Å². The molecule has 4 atom stereocenters. The van der Waals surface area contributed by atoms with Crippen LogP contribution in [0.1, 0.15) is 52.9 Å². The molecule has 1 aliphatic rings. The van der Waals surface area contributed by atoms with E-state index in [0.29, 0.717) is 119 Å². The Hall–Kier alpha value is -5.23. The first-order valence-corrected chi connectivity index (χ1v) is 24.3. The Morgan fingerprint density at radius 2 is 0.890 bits per heavy atom. The summed E-state index contributed by atoms with van der Waals surface area (Å²) in [6.07, 6.45) is 3.14. The number of carboxylic acids is 1. The molecule has 8 amide bonds. The van der Waals surface area contributed by atoms with Crippen LogP contribution in [0.3, 0.4) is 0 Å². The third-order valence-corrected chi connectivity index (χ3v) is 9.89. The number of carboxylic acid groups (broad SMARTS) is 1. The molecule has 1 aliphatic heterocycles. The Kier molecular flexibility index (Phi) is 38.9. The number of nitrogens with one attached hydrogen (secondary N) is 6. The van der Waals surface area contributed by atoms with Crippen LogP contribution in [-0.4, -0.2) is 240 Å². The Morgan fingerprint density at radius 3 is 1.32 bits per heavy atom. The van der Waals surface area contributed by atoms with E-state index in [1.54, 1.807) is 7.11 Å². The second-order valence-electron chi connectivity index (χ2n) is 16.0. The maximum atomic E-state index is 13.4. The molecule has 0 bridgehead atoms. The van der Waals surface area contributed by atoms with E-state index in [0.717, 1.165) is 17.1 Å². The smallest absolute Gasteiger partial charge is 0.322 e. The van der Waals surface area contributed by atoms with Gasteiger partial charge in [-0.25, -0.2) is 0 Å². The minimum Gasteiger partial charge on any atom is -0.480 e.